The van der Waals surface area contributed by atoms with Gasteiger partial charge in [-0.3, -0.25) is 4.90 Å². The topological polar surface area (TPSA) is 20.3 Å². The number of carbonyl (C=O) groups excluding carboxylic acids is 1. The fourth-order valence-electron chi connectivity index (χ4n) is 2.68. The second-order valence-electron chi connectivity index (χ2n) is 4.78. The normalized spacial score (nSPS) is 18.3. The highest BCUT2D eigenvalue weighted by Crippen LogP contribution is 2.37. The van der Waals surface area contributed by atoms with Crippen molar-refractivity contribution in [2.75, 3.05) is 0 Å². The van der Waals surface area contributed by atoms with Crippen LogP contribution in [0.15, 0.2) is 48.5 Å². The van der Waals surface area contributed by atoms with Gasteiger partial charge >= 0.3 is 0 Å². The van der Waals surface area contributed by atoms with Crippen LogP contribution in [0.3, 0.4) is 0 Å². The van der Waals surface area contributed by atoms with Gasteiger partial charge in [0.15, 0.2) is 0 Å². The van der Waals surface area contributed by atoms with E-state index < -0.39 is 0 Å². The van der Waals surface area contributed by atoms with Gasteiger partial charge in [0.1, 0.15) is 6.29 Å². The summed E-state index contributed by atoms with van der Waals surface area (Å²) in [7, 11) is 0. The third-order valence-corrected chi connectivity index (χ3v) is 3.89. The zero-order valence-corrected chi connectivity index (χ0v) is 11.2. The first-order valence-corrected chi connectivity index (χ1v) is 6.68. The Hall–Kier alpha value is -1.64. The molecule has 96 valence electrons. The minimum atomic E-state index is -0.232. The highest BCUT2D eigenvalue weighted by atomic mass is 35.5. The lowest BCUT2D eigenvalue weighted by molar-refractivity contribution is -0.112. The minimum absolute atomic E-state index is 0.232. The molecular formula is C16H14ClNO. The molecule has 0 N–H and O–H groups in total. The van der Waals surface area contributed by atoms with E-state index in [1.165, 1.54) is 5.56 Å². The average Bonchev–Trinajstić information content (AvgIpc) is 2.78. The molecule has 0 aliphatic carbocycles. The van der Waals surface area contributed by atoms with Crippen molar-refractivity contribution in [2.45, 2.75) is 19.1 Å². The number of rotatable bonds is 3. The van der Waals surface area contributed by atoms with Crippen LogP contribution < -0.4 is 0 Å². The Morgan fingerprint density at radius 2 is 1.95 bits per heavy atom. The molecule has 1 unspecified atom stereocenters. The van der Waals surface area contributed by atoms with E-state index >= 15 is 0 Å². The predicted octanol–water partition coefficient (Wildman–Crippen LogP) is 3.60. The van der Waals surface area contributed by atoms with E-state index in [0.29, 0.717) is 5.02 Å². The number of hydrogen-bond acceptors (Lipinski definition) is 2. The molecule has 0 amide bonds. The number of nitrogens with zero attached hydrogens (tertiary/aromatic N) is 1. The summed E-state index contributed by atoms with van der Waals surface area (Å²) in [5, 5.41) is 0.685. The number of fused-ring (bicyclic) bond motifs is 1. The molecule has 0 saturated heterocycles. The van der Waals surface area contributed by atoms with Crippen LogP contribution in [0.2, 0.25) is 5.02 Å². The Bertz CT molecular complexity index is 597. The first-order chi connectivity index (χ1) is 9.29. The summed E-state index contributed by atoms with van der Waals surface area (Å²) < 4.78 is 0. The zero-order chi connectivity index (χ0) is 13.2. The minimum Gasteiger partial charge on any atom is -0.301 e. The summed E-state index contributed by atoms with van der Waals surface area (Å²) in [6.07, 6.45) is 0.987. The third kappa shape index (κ3) is 2.29. The molecule has 0 radical (unpaired) electrons. The SMILES string of the molecule is O=CC1c2c(Cl)cccc2CN1Cc1ccccc1. The lowest BCUT2D eigenvalue weighted by atomic mass is 10.1. The maximum Gasteiger partial charge on any atom is 0.141 e. The molecule has 1 aliphatic rings. The van der Waals surface area contributed by atoms with Crippen molar-refractivity contribution in [1.29, 1.82) is 0 Å². The summed E-state index contributed by atoms with van der Waals surface area (Å²) in [5.74, 6) is 0. The van der Waals surface area contributed by atoms with Crippen LogP contribution in [0.1, 0.15) is 22.7 Å². The molecule has 2 nitrogen and oxygen atoms in total. The van der Waals surface area contributed by atoms with Crippen LogP contribution in [0.5, 0.6) is 0 Å². The zero-order valence-electron chi connectivity index (χ0n) is 10.4. The van der Waals surface area contributed by atoms with Crippen molar-refractivity contribution in [1.82, 2.24) is 4.90 Å². The standard InChI is InChI=1S/C16H14ClNO/c17-14-8-4-7-13-10-18(15(11-19)16(13)14)9-12-5-2-1-3-6-12/h1-8,11,15H,9-10H2. The number of hydrogen-bond donors (Lipinski definition) is 0. The maximum atomic E-state index is 11.4. The molecule has 19 heavy (non-hydrogen) atoms. The number of carbonyl (C=O) groups is 1. The quantitative estimate of drug-likeness (QED) is 0.795. The molecule has 3 rings (SSSR count). The molecule has 2 aromatic rings. The highest BCUT2D eigenvalue weighted by Gasteiger charge is 2.31. The molecule has 1 atom stereocenters. The number of benzene rings is 2. The summed E-state index contributed by atoms with van der Waals surface area (Å²) in [6.45, 7) is 1.53. The second-order valence-corrected chi connectivity index (χ2v) is 5.19. The molecule has 3 heteroatoms. The van der Waals surface area contributed by atoms with E-state index in [0.717, 1.165) is 30.5 Å². The molecular weight excluding hydrogens is 258 g/mol. The Morgan fingerprint density at radius 3 is 2.68 bits per heavy atom. The summed E-state index contributed by atoms with van der Waals surface area (Å²) in [6, 6.07) is 15.8. The van der Waals surface area contributed by atoms with Gasteiger partial charge in [0.25, 0.3) is 0 Å². The molecule has 0 fully saturated rings. The van der Waals surface area contributed by atoms with Gasteiger partial charge in [-0.2, -0.15) is 0 Å². The Morgan fingerprint density at radius 1 is 1.16 bits per heavy atom. The van der Waals surface area contributed by atoms with Crippen molar-refractivity contribution < 1.29 is 4.79 Å². The van der Waals surface area contributed by atoms with Gasteiger partial charge in [0, 0.05) is 18.1 Å². The molecule has 0 saturated carbocycles. The fraction of sp³-hybridized carbons (Fsp3) is 0.188. The van der Waals surface area contributed by atoms with Gasteiger partial charge in [0.2, 0.25) is 0 Å². The summed E-state index contributed by atoms with van der Waals surface area (Å²) in [5.41, 5.74) is 3.33. The summed E-state index contributed by atoms with van der Waals surface area (Å²) in [4.78, 5) is 13.6. The van der Waals surface area contributed by atoms with Gasteiger partial charge in [-0.25, -0.2) is 0 Å². The van der Waals surface area contributed by atoms with Crippen LogP contribution in [-0.4, -0.2) is 11.2 Å². The first-order valence-electron chi connectivity index (χ1n) is 6.30. The third-order valence-electron chi connectivity index (χ3n) is 3.56. The van der Waals surface area contributed by atoms with Crippen molar-refractivity contribution in [3.05, 3.63) is 70.2 Å². The van der Waals surface area contributed by atoms with Crippen LogP contribution in [-0.2, 0) is 17.9 Å². The van der Waals surface area contributed by atoms with E-state index in [-0.39, 0.29) is 6.04 Å². The summed E-state index contributed by atoms with van der Waals surface area (Å²) >= 11 is 6.23. The van der Waals surface area contributed by atoms with Gasteiger partial charge in [0.05, 0.1) is 6.04 Å². The Labute approximate surface area is 117 Å². The molecule has 0 aromatic heterocycles. The molecule has 2 aromatic carbocycles. The van der Waals surface area contributed by atoms with Crippen LogP contribution in [0.25, 0.3) is 0 Å². The molecule has 0 bridgehead atoms. The monoisotopic (exact) mass is 271 g/mol. The Balaban J connectivity index is 1.90. The van der Waals surface area contributed by atoms with Gasteiger partial charge in [-0.15, -0.1) is 0 Å². The van der Waals surface area contributed by atoms with Gasteiger partial charge in [-0.1, -0.05) is 54.1 Å². The van der Waals surface area contributed by atoms with Crippen LogP contribution >= 0.6 is 11.6 Å². The molecule has 0 spiro atoms. The van der Waals surface area contributed by atoms with E-state index in [1.807, 2.05) is 36.4 Å². The van der Waals surface area contributed by atoms with Crippen LogP contribution in [0, 0.1) is 0 Å². The highest BCUT2D eigenvalue weighted by molar-refractivity contribution is 6.31. The van der Waals surface area contributed by atoms with Crippen molar-refractivity contribution >= 4 is 17.9 Å². The largest absolute Gasteiger partial charge is 0.301 e. The van der Waals surface area contributed by atoms with Crippen molar-refractivity contribution in [2.24, 2.45) is 0 Å². The van der Waals surface area contributed by atoms with E-state index in [2.05, 4.69) is 17.0 Å². The Kier molecular flexibility index (Phi) is 3.36. The van der Waals surface area contributed by atoms with Crippen molar-refractivity contribution in [3.63, 3.8) is 0 Å². The van der Waals surface area contributed by atoms with E-state index in [4.69, 9.17) is 11.6 Å². The molecule has 1 heterocycles. The average molecular weight is 272 g/mol. The lowest BCUT2D eigenvalue weighted by Crippen LogP contribution is -2.22. The number of aldehydes is 1. The van der Waals surface area contributed by atoms with Gasteiger partial charge in [-0.05, 0) is 22.8 Å². The van der Waals surface area contributed by atoms with Crippen LogP contribution in [0.4, 0.5) is 0 Å². The number of halogens is 1. The van der Waals surface area contributed by atoms with Gasteiger partial charge < -0.3 is 4.79 Å². The predicted molar refractivity (Wildman–Crippen MR) is 75.9 cm³/mol. The molecule has 1 aliphatic heterocycles. The fourth-order valence-corrected chi connectivity index (χ4v) is 2.98. The maximum absolute atomic E-state index is 11.4. The smallest absolute Gasteiger partial charge is 0.141 e. The second kappa shape index (κ2) is 5.16. The first kappa shape index (κ1) is 12.4. The van der Waals surface area contributed by atoms with E-state index in [1.54, 1.807) is 0 Å². The van der Waals surface area contributed by atoms with Crippen molar-refractivity contribution in [3.8, 4) is 0 Å². The van der Waals surface area contributed by atoms with E-state index in [9.17, 15) is 4.79 Å². The lowest BCUT2D eigenvalue weighted by Gasteiger charge is -2.20.